The van der Waals surface area contributed by atoms with Gasteiger partial charge in [-0.2, -0.15) is 0 Å². The van der Waals surface area contributed by atoms with Crippen LogP contribution in [0.3, 0.4) is 0 Å². The summed E-state index contributed by atoms with van der Waals surface area (Å²) in [7, 11) is 3.67. The summed E-state index contributed by atoms with van der Waals surface area (Å²) in [4.78, 5) is 32.7. The highest BCUT2D eigenvalue weighted by atomic mass is 32.1. The summed E-state index contributed by atoms with van der Waals surface area (Å²) in [5.74, 6) is 1.89. The van der Waals surface area contributed by atoms with Crippen molar-refractivity contribution in [2.75, 3.05) is 45.7 Å². The smallest absolute Gasteiger partial charge is 0.225 e. The number of aliphatic imine (C=N–C) groups is 1. The van der Waals surface area contributed by atoms with Crippen LogP contribution in [0, 0.1) is 5.92 Å². The molecule has 4 heterocycles. The van der Waals surface area contributed by atoms with Crippen LogP contribution in [-0.4, -0.2) is 72.2 Å². The third-order valence-corrected chi connectivity index (χ3v) is 8.90. The Morgan fingerprint density at radius 3 is 2.92 bits per heavy atom. The van der Waals surface area contributed by atoms with Gasteiger partial charge in [0.1, 0.15) is 29.3 Å². The molecule has 1 atom stereocenters. The fourth-order valence-electron chi connectivity index (χ4n) is 5.73. The Hall–Kier alpha value is -3.04. The molecule has 9 heteroatoms. The zero-order valence-electron chi connectivity index (χ0n) is 21.6. The summed E-state index contributed by atoms with van der Waals surface area (Å²) >= 11 is 1.69. The first-order valence-corrected chi connectivity index (χ1v) is 14.1. The Morgan fingerprint density at radius 2 is 2.08 bits per heavy atom. The lowest BCUT2D eigenvalue weighted by Gasteiger charge is -2.26. The maximum Gasteiger partial charge on any atom is 0.225 e. The number of aryl methyl sites for hydroxylation is 1. The van der Waals surface area contributed by atoms with Crippen molar-refractivity contribution >= 4 is 45.2 Å². The zero-order valence-corrected chi connectivity index (χ0v) is 22.4. The van der Waals surface area contributed by atoms with Gasteiger partial charge in [0.2, 0.25) is 5.91 Å². The number of fused-ring (bicyclic) bond motifs is 4. The molecule has 1 fully saturated rings. The normalized spacial score (nSPS) is 19.0. The Bertz CT molecular complexity index is 1340. The van der Waals surface area contributed by atoms with E-state index in [-0.39, 0.29) is 11.8 Å². The van der Waals surface area contributed by atoms with Crippen molar-refractivity contribution in [1.82, 2.24) is 19.8 Å². The highest BCUT2D eigenvalue weighted by Crippen LogP contribution is 2.42. The molecule has 37 heavy (non-hydrogen) atoms. The van der Waals surface area contributed by atoms with E-state index in [1.165, 1.54) is 35.3 Å². The first-order valence-electron chi connectivity index (χ1n) is 13.3. The second-order valence-electron chi connectivity index (χ2n) is 10.5. The molecule has 0 saturated carbocycles. The fourth-order valence-corrected chi connectivity index (χ4v) is 7.00. The molecule has 1 aliphatic carbocycles. The lowest BCUT2D eigenvalue weighted by atomic mass is 9.87. The average molecular weight is 519 g/mol. The monoisotopic (exact) mass is 518 g/mol. The predicted molar refractivity (Wildman–Crippen MR) is 148 cm³/mol. The van der Waals surface area contributed by atoms with Crippen LogP contribution in [0.2, 0.25) is 0 Å². The van der Waals surface area contributed by atoms with E-state index in [0.29, 0.717) is 13.2 Å². The van der Waals surface area contributed by atoms with Crippen LogP contribution >= 0.6 is 11.3 Å². The summed E-state index contributed by atoms with van der Waals surface area (Å²) in [5, 5.41) is 4.68. The van der Waals surface area contributed by atoms with Crippen LogP contribution in [0.15, 0.2) is 23.5 Å². The maximum absolute atomic E-state index is 12.6. The standard InChI is InChI=1S/C28H34N6O2S/c1-33(2)28(35)18-6-7-21-24(14-18)37-27-25(21)26(30-17-31-27)32-22-12-19-15-29-16-20(19)13-23(22)36-11-10-34-8-4-3-5-9-34/h12-13,15,17-18H,3-11,14,16H2,1-2H3,(H,30,31,32)/t18-/m0/s1. The number of carbonyl (C=O) groups excluding carboxylic acids is 1. The second-order valence-corrected chi connectivity index (χ2v) is 11.6. The number of hydrogen-bond donors (Lipinski definition) is 1. The largest absolute Gasteiger partial charge is 0.490 e. The van der Waals surface area contributed by atoms with Gasteiger partial charge in [-0.3, -0.25) is 14.7 Å². The summed E-state index contributed by atoms with van der Waals surface area (Å²) in [6.45, 7) is 4.62. The molecule has 2 aromatic heterocycles. The number of nitrogens with zero attached hydrogens (tertiary/aromatic N) is 5. The average Bonchev–Trinajstić information content (AvgIpc) is 3.52. The number of likely N-dealkylation sites (tertiary alicyclic amines) is 1. The van der Waals surface area contributed by atoms with Gasteiger partial charge in [-0.25, -0.2) is 9.97 Å². The summed E-state index contributed by atoms with van der Waals surface area (Å²) < 4.78 is 6.36. The molecule has 1 saturated heterocycles. The SMILES string of the molecule is CN(C)C(=O)[C@H]1CCc2c(sc3ncnc(Nc4cc5c(cc4OCCN4CCCCC4)CN=C5)c23)C1. The van der Waals surface area contributed by atoms with Crippen molar-refractivity contribution in [1.29, 1.82) is 0 Å². The number of aromatic nitrogens is 2. The van der Waals surface area contributed by atoms with Crippen molar-refractivity contribution in [2.45, 2.75) is 45.1 Å². The van der Waals surface area contributed by atoms with Gasteiger partial charge in [0.15, 0.2) is 0 Å². The molecule has 1 amide bonds. The fraction of sp³-hybridized carbons (Fsp3) is 0.500. The first-order chi connectivity index (χ1) is 18.1. The number of rotatable bonds is 7. The Balaban J connectivity index is 1.27. The van der Waals surface area contributed by atoms with Gasteiger partial charge < -0.3 is 15.0 Å². The lowest BCUT2D eigenvalue weighted by molar-refractivity contribution is -0.133. The minimum Gasteiger partial charge on any atom is -0.490 e. The van der Waals surface area contributed by atoms with Gasteiger partial charge >= 0.3 is 0 Å². The molecule has 3 aromatic rings. The Kier molecular flexibility index (Phi) is 6.82. The van der Waals surface area contributed by atoms with Crippen molar-refractivity contribution in [3.63, 3.8) is 0 Å². The van der Waals surface area contributed by atoms with Crippen LogP contribution < -0.4 is 10.1 Å². The molecule has 3 aliphatic rings. The highest BCUT2D eigenvalue weighted by Gasteiger charge is 2.30. The first kappa shape index (κ1) is 24.3. The quantitative estimate of drug-likeness (QED) is 0.498. The van der Waals surface area contributed by atoms with Gasteiger partial charge in [0.25, 0.3) is 0 Å². The lowest BCUT2D eigenvalue weighted by Crippen LogP contribution is -2.33. The number of anilines is 2. The van der Waals surface area contributed by atoms with Crippen molar-refractivity contribution in [3.8, 4) is 5.75 Å². The molecule has 6 rings (SSSR count). The topological polar surface area (TPSA) is 83.0 Å². The highest BCUT2D eigenvalue weighted by molar-refractivity contribution is 7.19. The summed E-state index contributed by atoms with van der Waals surface area (Å²) in [6, 6.07) is 4.25. The van der Waals surface area contributed by atoms with E-state index in [0.717, 1.165) is 71.9 Å². The van der Waals surface area contributed by atoms with Crippen LogP contribution in [0.25, 0.3) is 10.2 Å². The van der Waals surface area contributed by atoms with Crippen LogP contribution in [0.1, 0.15) is 47.3 Å². The van der Waals surface area contributed by atoms with Crippen molar-refractivity contribution in [2.24, 2.45) is 10.9 Å². The summed E-state index contributed by atoms with van der Waals surface area (Å²) in [6.07, 6.45) is 9.93. The molecule has 1 aromatic carbocycles. The van der Waals surface area contributed by atoms with Gasteiger partial charge in [-0.1, -0.05) is 6.42 Å². The van der Waals surface area contributed by atoms with E-state index >= 15 is 0 Å². The molecule has 0 spiro atoms. The number of hydrogen-bond acceptors (Lipinski definition) is 8. The zero-order chi connectivity index (χ0) is 25.4. The Labute approximate surface area is 221 Å². The van der Waals surface area contributed by atoms with E-state index in [1.807, 2.05) is 20.3 Å². The number of ether oxygens (including phenoxy) is 1. The van der Waals surface area contributed by atoms with Gasteiger partial charge in [0, 0.05) is 37.6 Å². The molecule has 0 bridgehead atoms. The van der Waals surface area contributed by atoms with Crippen LogP contribution in [0.4, 0.5) is 11.5 Å². The van der Waals surface area contributed by atoms with E-state index in [9.17, 15) is 4.79 Å². The number of thiophene rings is 1. The van der Waals surface area contributed by atoms with Gasteiger partial charge in [0.05, 0.1) is 17.6 Å². The third-order valence-electron chi connectivity index (χ3n) is 7.74. The molecular weight excluding hydrogens is 484 g/mol. The van der Waals surface area contributed by atoms with Gasteiger partial charge in [-0.05, 0) is 74.0 Å². The number of amides is 1. The van der Waals surface area contributed by atoms with Crippen LogP contribution in [0.5, 0.6) is 5.75 Å². The second kappa shape index (κ2) is 10.4. The summed E-state index contributed by atoms with van der Waals surface area (Å²) in [5.41, 5.74) is 4.49. The van der Waals surface area contributed by atoms with E-state index in [2.05, 4.69) is 37.3 Å². The molecule has 1 N–H and O–H groups in total. The van der Waals surface area contributed by atoms with E-state index < -0.39 is 0 Å². The number of carbonyl (C=O) groups is 1. The molecule has 0 radical (unpaired) electrons. The molecule has 194 valence electrons. The van der Waals surface area contributed by atoms with Crippen LogP contribution in [-0.2, 0) is 24.2 Å². The molecule has 8 nitrogen and oxygen atoms in total. The predicted octanol–water partition coefficient (Wildman–Crippen LogP) is 4.43. The third kappa shape index (κ3) is 4.94. The number of nitrogens with one attached hydrogen (secondary N) is 1. The minimum absolute atomic E-state index is 0.0378. The molecular formula is C28H34N6O2S. The van der Waals surface area contributed by atoms with Crippen molar-refractivity contribution in [3.05, 3.63) is 40.0 Å². The minimum atomic E-state index is 0.0378. The molecule has 0 unspecified atom stereocenters. The molecule has 2 aliphatic heterocycles. The van der Waals surface area contributed by atoms with Crippen molar-refractivity contribution < 1.29 is 9.53 Å². The Morgan fingerprint density at radius 1 is 1.22 bits per heavy atom. The van der Waals surface area contributed by atoms with Gasteiger partial charge in [-0.15, -0.1) is 11.3 Å². The maximum atomic E-state index is 12.6. The number of benzene rings is 1. The number of piperidine rings is 1. The van der Waals surface area contributed by atoms with E-state index in [1.54, 1.807) is 22.6 Å². The van der Waals surface area contributed by atoms with E-state index in [4.69, 9.17) is 4.74 Å².